The van der Waals surface area contributed by atoms with Gasteiger partial charge in [-0.15, -0.1) is 10.2 Å². The van der Waals surface area contributed by atoms with Crippen LogP contribution in [0.2, 0.25) is 0 Å². The molecule has 0 bridgehead atoms. The first-order chi connectivity index (χ1) is 10.2. The minimum Gasteiger partial charge on any atom is -0.357 e. The molecule has 0 saturated heterocycles. The smallest absolute Gasteiger partial charge is 0.191 e. The molecule has 0 aliphatic carbocycles. The van der Waals surface area contributed by atoms with Crippen LogP contribution in [0.25, 0.3) is 0 Å². The molecule has 2 N–H and O–H groups in total. The van der Waals surface area contributed by atoms with Crippen LogP contribution in [0.1, 0.15) is 46.5 Å². The lowest BCUT2D eigenvalue weighted by molar-refractivity contribution is 0.559. The van der Waals surface area contributed by atoms with Crippen LogP contribution in [-0.4, -0.2) is 40.4 Å². The number of guanidine groups is 1. The summed E-state index contributed by atoms with van der Waals surface area (Å²) in [6, 6.07) is 0. The molecule has 6 nitrogen and oxygen atoms in total. The maximum absolute atomic E-state index is 4.60. The Morgan fingerprint density at radius 1 is 1.14 bits per heavy atom. The lowest BCUT2D eigenvalue weighted by Gasteiger charge is -2.11. The van der Waals surface area contributed by atoms with Crippen molar-refractivity contribution in [2.24, 2.45) is 10.9 Å². The molecule has 0 saturated carbocycles. The summed E-state index contributed by atoms with van der Waals surface area (Å²) in [5.74, 6) is 1.69. The SMILES string of the molecule is CCNC(=NCCCC(C)C)NCCCCn1cnnc1. The lowest BCUT2D eigenvalue weighted by atomic mass is 10.1. The van der Waals surface area contributed by atoms with Crippen LogP contribution in [0.3, 0.4) is 0 Å². The molecule has 0 unspecified atom stereocenters. The Hall–Kier alpha value is -1.59. The highest BCUT2D eigenvalue weighted by Crippen LogP contribution is 2.02. The molecular weight excluding hydrogens is 264 g/mol. The van der Waals surface area contributed by atoms with Crippen LogP contribution >= 0.6 is 0 Å². The second-order valence-corrected chi connectivity index (χ2v) is 5.63. The van der Waals surface area contributed by atoms with E-state index in [4.69, 9.17) is 0 Å². The molecular formula is C15H30N6. The Kier molecular flexibility index (Phi) is 9.24. The first-order valence-electron chi connectivity index (χ1n) is 8.07. The number of nitrogens with one attached hydrogen (secondary N) is 2. The average molecular weight is 294 g/mol. The van der Waals surface area contributed by atoms with Crippen molar-refractivity contribution in [3.63, 3.8) is 0 Å². The Bertz CT molecular complexity index is 372. The summed E-state index contributed by atoms with van der Waals surface area (Å²) in [6.07, 6.45) is 8.12. The fourth-order valence-corrected chi connectivity index (χ4v) is 2.00. The summed E-state index contributed by atoms with van der Waals surface area (Å²) in [7, 11) is 0. The summed E-state index contributed by atoms with van der Waals surface area (Å²) >= 11 is 0. The van der Waals surface area contributed by atoms with E-state index in [2.05, 4.69) is 46.6 Å². The molecule has 0 radical (unpaired) electrons. The molecule has 1 aromatic heterocycles. The summed E-state index contributed by atoms with van der Waals surface area (Å²) in [4.78, 5) is 4.60. The van der Waals surface area contributed by atoms with Crippen LogP contribution < -0.4 is 10.6 Å². The van der Waals surface area contributed by atoms with E-state index in [1.165, 1.54) is 6.42 Å². The molecule has 0 aliphatic rings. The Morgan fingerprint density at radius 2 is 1.90 bits per heavy atom. The largest absolute Gasteiger partial charge is 0.357 e. The van der Waals surface area contributed by atoms with Crippen molar-refractivity contribution in [3.05, 3.63) is 12.7 Å². The predicted octanol–water partition coefficient (Wildman–Crippen LogP) is 2.05. The molecule has 1 heterocycles. The zero-order valence-electron chi connectivity index (χ0n) is 13.7. The zero-order chi connectivity index (χ0) is 15.3. The van der Waals surface area contributed by atoms with E-state index < -0.39 is 0 Å². The maximum atomic E-state index is 4.60. The highest BCUT2D eigenvalue weighted by molar-refractivity contribution is 5.79. The lowest BCUT2D eigenvalue weighted by Crippen LogP contribution is -2.37. The molecule has 1 rings (SSSR count). The van der Waals surface area contributed by atoms with Crippen molar-refractivity contribution in [2.45, 2.75) is 53.0 Å². The number of hydrogen-bond acceptors (Lipinski definition) is 3. The van der Waals surface area contributed by atoms with Gasteiger partial charge in [0.25, 0.3) is 0 Å². The number of aromatic nitrogens is 3. The highest BCUT2D eigenvalue weighted by Gasteiger charge is 1.98. The van der Waals surface area contributed by atoms with E-state index in [0.29, 0.717) is 0 Å². The number of nitrogens with zero attached hydrogens (tertiary/aromatic N) is 4. The van der Waals surface area contributed by atoms with E-state index in [-0.39, 0.29) is 0 Å². The third kappa shape index (κ3) is 9.05. The van der Waals surface area contributed by atoms with E-state index in [0.717, 1.165) is 57.3 Å². The molecule has 0 atom stereocenters. The quantitative estimate of drug-likeness (QED) is 0.394. The summed E-state index contributed by atoms with van der Waals surface area (Å²) < 4.78 is 2.01. The van der Waals surface area contributed by atoms with Crippen molar-refractivity contribution in [1.82, 2.24) is 25.4 Å². The van der Waals surface area contributed by atoms with Crippen LogP contribution in [-0.2, 0) is 6.54 Å². The summed E-state index contributed by atoms with van der Waals surface area (Å²) in [6.45, 7) is 10.3. The van der Waals surface area contributed by atoms with Gasteiger partial charge in [-0.05, 0) is 38.5 Å². The number of aryl methyl sites for hydroxylation is 1. The fourth-order valence-electron chi connectivity index (χ4n) is 2.00. The predicted molar refractivity (Wildman–Crippen MR) is 87.3 cm³/mol. The molecule has 1 aromatic rings. The van der Waals surface area contributed by atoms with Gasteiger partial charge in [0.1, 0.15) is 12.7 Å². The number of unbranched alkanes of at least 4 members (excludes halogenated alkanes) is 1. The third-order valence-electron chi connectivity index (χ3n) is 3.16. The zero-order valence-corrected chi connectivity index (χ0v) is 13.7. The van der Waals surface area contributed by atoms with Crippen LogP contribution in [0, 0.1) is 5.92 Å². The minimum absolute atomic E-state index is 0.758. The van der Waals surface area contributed by atoms with Crippen molar-refractivity contribution in [2.75, 3.05) is 19.6 Å². The maximum Gasteiger partial charge on any atom is 0.191 e. The molecule has 0 amide bonds. The topological polar surface area (TPSA) is 67.1 Å². The van der Waals surface area contributed by atoms with Gasteiger partial charge in [-0.1, -0.05) is 13.8 Å². The van der Waals surface area contributed by atoms with E-state index in [1.54, 1.807) is 12.7 Å². The highest BCUT2D eigenvalue weighted by atomic mass is 15.2. The number of hydrogen-bond donors (Lipinski definition) is 2. The Labute approximate surface area is 128 Å². The van der Waals surface area contributed by atoms with Gasteiger partial charge >= 0.3 is 0 Å². The van der Waals surface area contributed by atoms with Crippen LogP contribution in [0.5, 0.6) is 0 Å². The molecule has 6 heteroatoms. The van der Waals surface area contributed by atoms with E-state index in [1.807, 2.05) is 4.57 Å². The second kappa shape index (κ2) is 11.1. The first kappa shape index (κ1) is 17.5. The van der Waals surface area contributed by atoms with Gasteiger partial charge in [0.05, 0.1) is 0 Å². The summed E-state index contributed by atoms with van der Waals surface area (Å²) in [5, 5.41) is 14.3. The van der Waals surface area contributed by atoms with E-state index in [9.17, 15) is 0 Å². The van der Waals surface area contributed by atoms with Crippen molar-refractivity contribution >= 4 is 5.96 Å². The molecule has 120 valence electrons. The molecule has 0 fully saturated rings. The van der Waals surface area contributed by atoms with Crippen LogP contribution in [0.15, 0.2) is 17.6 Å². The number of aliphatic imine (C=N–C) groups is 1. The van der Waals surface area contributed by atoms with Crippen molar-refractivity contribution < 1.29 is 0 Å². The van der Waals surface area contributed by atoms with Gasteiger partial charge in [-0.3, -0.25) is 4.99 Å². The minimum atomic E-state index is 0.758. The van der Waals surface area contributed by atoms with Crippen LogP contribution in [0.4, 0.5) is 0 Å². The van der Waals surface area contributed by atoms with Gasteiger partial charge in [0.2, 0.25) is 0 Å². The van der Waals surface area contributed by atoms with Crippen molar-refractivity contribution in [3.8, 4) is 0 Å². The standard InChI is InChI=1S/C15H30N6/c1-4-16-15(18-10-7-8-14(2)3)17-9-5-6-11-21-12-19-20-13-21/h12-14H,4-11H2,1-3H3,(H2,16,17,18). The van der Waals surface area contributed by atoms with Gasteiger partial charge in [0, 0.05) is 26.2 Å². The molecule has 0 aromatic carbocycles. The third-order valence-corrected chi connectivity index (χ3v) is 3.16. The van der Waals surface area contributed by atoms with Gasteiger partial charge < -0.3 is 15.2 Å². The monoisotopic (exact) mass is 294 g/mol. The molecule has 21 heavy (non-hydrogen) atoms. The van der Waals surface area contributed by atoms with Gasteiger partial charge in [-0.2, -0.15) is 0 Å². The Morgan fingerprint density at radius 3 is 2.57 bits per heavy atom. The van der Waals surface area contributed by atoms with E-state index >= 15 is 0 Å². The Balaban J connectivity index is 2.13. The molecule has 0 spiro atoms. The fraction of sp³-hybridized carbons (Fsp3) is 0.800. The normalized spacial score (nSPS) is 11.9. The molecule has 0 aliphatic heterocycles. The first-order valence-corrected chi connectivity index (χ1v) is 8.07. The second-order valence-electron chi connectivity index (χ2n) is 5.63. The average Bonchev–Trinajstić information content (AvgIpc) is 2.96. The van der Waals surface area contributed by atoms with Gasteiger partial charge in [-0.25, -0.2) is 0 Å². The summed E-state index contributed by atoms with van der Waals surface area (Å²) in [5.41, 5.74) is 0. The number of rotatable bonds is 10. The van der Waals surface area contributed by atoms with Crippen molar-refractivity contribution in [1.29, 1.82) is 0 Å². The van der Waals surface area contributed by atoms with Gasteiger partial charge in [0.15, 0.2) is 5.96 Å².